The van der Waals surface area contributed by atoms with Crippen LogP contribution in [-0.2, 0) is 4.79 Å². The minimum atomic E-state index is -0.925. The maximum atomic E-state index is 13.7. The molecule has 4 nitrogen and oxygen atoms in total. The average Bonchev–Trinajstić information content (AvgIpc) is 2.50. The summed E-state index contributed by atoms with van der Waals surface area (Å²) < 4.78 is 19.7. The molecule has 0 fully saturated rings. The summed E-state index contributed by atoms with van der Waals surface area (Å²) >= 11 is 3.15. The van der Waals surface area contributed by atoms with E-state index in [1.165, 1.54) is 26.0 Å². The highest BCUT2D eigenvalue weighted by atomic mass is 79.9. The van der Waals surface area contributed by atoms with Gasteiger partial charge in [0.2, 0.25) is 0 Å². The lowest BCUT2D eigenvalue weighted by atomic mass is 10.1. The third-order valence-electron chi connectivity index (χ3n) is 3.13. The van der Waals surface area contributed by atoms with E-state index >= 15 is 0 Å². The van der Waals surface area contributed by atoms with Crippen molar-refractivity contribution >= 4 is 33.3 Å². The number of anilines is 1. The molecule has 0 aromatic heterocycles. The Kier molecular flexibility index (Phi) is 5.50. The van der Waals surface area contributed by atoms with Gasteiger partial charge in [-0.2, -0.15) is 0 Å². The standard InChI is InChI=1S/C17H15BrFNO3/c1-10(21)13-5-3-4-6-15(13)20-17(22)11(2)23-16-8-7-12(18)9-14(16)19/h3-9,11H,1-2H3,(H,20,22)/t11-/m0/s1. The summed E-state index contributed by atoms with van der Waals surface area (Å²) in [5.41, 5.74) is 0.805. The first-order valence-electron chi connectivity index (χ1n) is 6.91. The average molecular weight is 380 g/mol. The third kappa shape index (κ3) is 4.39. The number of hydrogen-bond acceptors (Lipinski definition) is 3. The van der Waals surface area contributed by atoms with Gasteiger partial charge in [0.15, 0.2) is 23.5 Å². The summed E-state index contributed by atoms with van der Waals surface area (Å²) in [6, 6.07) is 11.0. The zero-order chi connectivity index (χ0) is 17.0. The summed E-state index contributed by atoms with van der Waals surface area (Å²) in [5.74, 6) is -1.21. The van der Waals surface area contributed by atoms with Gasteiger partial charge in [-0.05, 0) is 44.2 Å². The molecular weight excluding hydrogens is 365 g/mol. The largest absolute Gasteiger partial charge is 0.478 e. The zero-order valence-electron chi connectivity index (χ0n) is 12.6. The van der Waals surface area contributed by atoms with Crippen LogP contribution in [0.1, 0.15) is 24.2 Å². The maximum absolute atomic E-state index is 13.7. The first-order chi connectivity index (χ1) is 10.9. The topological polar surface area (TPSA) is 55.4 Å². The third-order valence-corrected chi connectivity index (χ3v) is 3.62. The van der Waals surface area contributed by atoms with Gasteiger partial charge in [-0.3, -0.25) is 9.59 Å². The van der Waals surface area contributed by atoms with E-state index in [0.717, 1.165) is 0 Å². The van der Waals surface area contributed by atoms with Crippen molar-refractivity contribution in [3.05, 3.63) is 58.3 Å². The van der Waals surface area contributed by atoms with Gasteiger partial charge in [-0.25, -0.2) is 4.39 Å². The minimum absolute atomic E-state index is 0.0179. The van der Waals surface area contributed by atoms with Crippen LogP contribution in [0.25, 0.3) is 0 Å². The molecule has 0 aliphatic rings. The second kappa shape index (κ2) is 7.37. The first-order valence-corrected chi connectivity index (χ1v) is 7.70. The molecule has 0 saturated heterocycles. The number of halogens is 2. The number of para-hydroxylation sites is 1. The van der Waals surface area contributed by atoms with Crippen LogP contribution in [0, 0.1) is 5.82 Å². The lowest BCUT2D eigenvalue weighted by Gasteiger charge is -2.16. The number of benzene rings is 2. The van der Waals surface area contributed by atoms with Crippen LogP contribution in [0.15, 0.2) is 46.9 Å². The van der Waals surface area contributed by atoms with Crippen LogP contribution in [0.2, 0.25) is 0 Å². The van der Waals surface area contributed by atoms with Crippen molar-refractivity contribution in [2.24, 2.45) is 0 Å². The SMILES string of the molecule is CC(=O)c1ccccc1NC(=O)[C@H](C)Oc1ccc(Br)cc1F. The summed E-state index contributed by atoms with van der Waals surface area (Å²) in [6.07, 6.45) is -0.925. The van der Waals surface area contributed by atoms with E-state index in [2.05, 4.69) is 21.2 Å². The molecule has 0 unspecified atom stereocenters. The molecular formula is C17H15BrFNO3. The molecule has 6 heteroatoms. The van der Waals surface area contributed by atoms with Crippen LogP contribution < -0.4 is 10.1 Å². The smallest absolute Gasteiger partial charge is 0.265 e. The van der Waals surface area contributed by atoms with Crippen molar-refractivity contribution in [2.75, 3.05) is 5.32 Å². The molecule has 0 heterocycles. The molecule has 2 aromatic rings. The maximum Gasteiger partial charge on any atom is 0.265 e. The Morgan fingerprint density at radius 3 is 2.57 bits per heavy atom. The fraction of sp³-hybridized carbons (Fsp3) is 0.176. The van der Waals surface area contributed by atoms with E-state index in [9.17, 15) is 14.0 Å². The van der Waals surface area contributed by atoms with Crippen molar-refractivity contribution < 1.29 is 18.7 Å². The molecule has 0 bridgehead atoms. The van der Waals surface area contributed by atoms with Crippen molar-refractivity contribution in [3.8, 4) is 5.75 Å². The Hall–Kier alpha value is -2.21. The Morgan fingerprint density at radius 2 is 1.91 bits per heavy atom. The van der Waals surface area contributed by atoms with Gasteiger partial charge in [0, 0.05) is 10.0 Å². The Bertz CT molecular complexity index is 748. The van der Waals surface area contributed by atoms with E-state index in [4.69, 9.17) is 4.74 Å². The van der Waals surface area contributed by atoms with E-state index in [0.29, 0.717) is 15.7 Å². The molecule has 0 aliphatic carbocycles. The molecule has 120 valence electrons. The first kappa shape index (κ1) is 17.1. The van der Waals surface area contributed by atoms with Crippen LogP contribution in [0.3, 0.4) is 0 Å². The van der Waals surface area contributed by atoms with Crippen molar-refractivity contribution in [1.29, 1.82) is 0 Å². The highest BCUT2D eigenvalue weighted by Crippen LogP contribution is 2.23. The van der Waals surface area contributed by atoms with Gasteiger partial charge in [-0.15, -0.1) is 0 Å². The molecule has 2 aromatic carbocycles. The zero-order valence-corrected chi connectivity index (χ0v) is 14.2. The number of ether oxygens (including phenoxy) is 1. The predicted molar refractivity (Wildman–Crippen MR) is 89.3 cm³/mol. The Labute approximate surface area is 141 Å². The molecule has 1 atom stereocenters. The summed E-state index contributed by atoms with van der Waals surface area (Å²) in [4.78, 5) is 23.7. The molecule has 0 spiro atoms. The van der Waals surface area contributed by atoms with Gasteiger partial charge < -0.3 is 10.1 Å². The predicted octanol–water partition coefficient (Wildman–Crippen LogP) is 4.20. The van der Waals surface area contributed by atoms with E-state index < -0.39 is 17.8 Å². The minimum Gasteiger partial charge on any atom is -0.478 e. The van der Waals surface area contributed by atoms with Gasteiger partial charge in [-0.1, -0.05) is 28.1 Å². The Balaban J connectivity index is 2.10. The Morgan fingerprint density at radius 1 is 1.22 bits per heavy atom. The molecule has 23 heavy (non-hydrogen) atoms. The van der Waals surface area contributed by atoms with E-state index in [-0.39, 0.29) is 11.5 Å². The molecule has 0 radical (unpaired) electrons. The molecule has 1 amide bonds. The number of carbonyl (C=O) groups excluding carboxylic acids is 2. The number of nitrogens with one attached hydrogen (secondary N) is 1. The summed E-state index contributed by atoms with van der Waals surface area (Å²) in [5, 5.41) is 2.63. The van der Waals surface area contributed by atoms with Crippen molar-refractivity contribution in [1.82, 2.24) is 0 Å². The number of amides is 1. The van der Waals surface area contributed by atoms with E-state index in [1.54, 1.807) is 30.3 Å². The van der Waals surface area contributed by atoms with Crippen molar-refractivity contribution in [3.63, 3.8) is 0 Å². The second-order valence-electron chi connectivity index (χ2n) is 4.93. The van der Waals surface area contributed by atoms with Crippen LogP contribution >= 0.6 is 15.9 Å². The van der Waals surface area contributed by atoms with Crippen LogP contribution in [0.4, 0.5) is 10.1 Å². The number of rotatable bonds is 5. The van der Waals surface area contributed by atoms with Crippen LogP contribution in [0.5, 0.6) is 5.75 Å². The van der Waals surface area contributed by atoms with Gasteiger partial charge in [0.1, 0.15) is 0 Å². The molecule has 0 aliphatic heterocycles. The van der Waals surface area contributed by atoms with Crippen molar-refractivity contribution in [2.45, 2.75) is 20.0 Å². The molecule has 1 N–H and O–H groups in total. The molecule has 0 saturated carbocycles. The van der Waals surface area contributed by atoms with Gasteiger partial charge in [0.25, 0.3) is 5.91 Å². The van der Waals surface area contributed by atoms with E-state index in [1.807, 2.05) is 0 Å². The number of Topliss-reactive ketones (excluding diaryl/α,β-unsaturated/α-hetero) is 1. The number of carbonyl (C=O) groups is 2. The lowest BCUT2D eigenvalue weighted by molar-refractivity contribution is -0.122. The molecule has 2 rings (SSSR count). The fourth-order valence-corrected chi connectivity index (χ4v) is 2.28. The normalized spacial score (nSPS) is 11.7. The highest BCUT2D eigenvalue weighted by Gasteiger charge is 2.18. The van der Waals surface area contributed by atoms with Gasteiger partial charge >= 0.3 is 0 Å². The number of ketones is 1. The highest BCUT2D eigenvalue weighted by molar-refractivity contribution is 9.10. The quantitative estimate of drug-likeness (QED) is 0.792. The second-order valence-corrected chi connectivity index (χ2v) is 5.84. The lowest BCUT2D eigenvalue weighted by Crippen LogP contribution is -2.30. The fourth-order valence-electron chi connectivity index (χ4n) is 1.95. The summed E-state index contributed by atoms with van der Waals surface area (Å²) in [6.45, 7) is 2.93. The monoisotopic (exact) mass is 379 g/mol. The number of hydrogen-bond donors (Lipinski definition) is 1. The van der Waals surface area contributed by atoms with Gasteiger partial charge in [0.05, 0.1) is 5.69 Å². The van der Waals surface area contributed by atoms with Crippen LogP contribution in [-0.4, -0.2) is 17.8 Å². The summed E-state index contributed by atoms with van der Waals surface area (Å²) in [7, 11) is 0.